The van der Waals surface area contributed by atoms with Crippen LogP contribution in [-0.2, 0) is 6.61 Å². The third-order valence-corrected chi connectivity index (χ3v) is 5.43. The van der Waals surface area contributed by atoms with Crippen LogP contribution in [0.5, 0.6) is 5.75 Å². The Labute approximate surface area is 192 Å². The van der Waals surface area contributed by atoms with Gasteiger partial charge in [-0.25, -0.2) is 9.37 Å². The zero-order valence-electron chi connectivity index (χ0n) is 17.1. The summed E-state index contributed by atoms with van der Waals surface area (Å²) < 4.78 is 24.9. The van der Waals surface area contributed by atoms with Crippen molar-refractivity contribution >= 4 is 52.4 Å². The first-order chi connectivity index (χ1) is 14.2. The minimum Gasteiger partial charge on any atom is -0.484 e. The van der Waals surface area contributed by atoms with Crippen LogP contribution in [0.25, 0.3) is 21.9 Å². The number of oxazole rings is 1. The fraction of sp³-hybridized carbons (Fsp3) is 0.261. The monoisotopic (exact) mass is 463 g/mol. The molecule has 1 saturated heterocycles. The van der Waals surface area contributed by atoms with Crippen LogP contribution in [0.1, 0.15) is 5.89 Å². The number of rotatable bonds is 4. The highest BCUT2D eigenvalue weighted by Gasteiger charge is 2.16. The minimum atomic E-state index is -0.341. The van der Waals surface area contributed by atoms with Gasteiger partial charge in [0.2, 0.25) is 5.89 Å². The molecule has 0 saturated carbocycles. The Kier molecular flexibility index (Phi) is 7.26. The lowest BCUT2D eigenvalue weighted by Crippen LogP contribution is -2.44. The van der Waals surface area contributed by atoms with Crippen molar-refractivity contribution in [3.8, 4) is 5.75 Å². The zero-order chi connectivity index (χ0) is 19.8. The smallest absolute Gasteiger partial charge is 0.233 e. The molecule has 0 bridgehead atoms. The van der Waals surface area contributed by atoms with Gasteiger partial charge in [0.05, 0.1) is 0 Å². The first-order valence-corrected chi connectivity index (χ1v) is 9.80. The molecule has 1 aromatic heterocycles. The van der Waals surface area contributed by atoms with E-state index in [4.69, 9.17) is 9.15 Å². The summed E-state index contributed by atoms with van der Waals surface area (Å²) in [6.07, 6.45) is 0. The maximum atomic E-state index is 13.3. The van der Waals surface area contributed by atoms with Crippen molar-refractivity contribution in [2.45, 2.75) is 6.61 Å². The normalized spacial score (nSPS) is 14.3. The number of halogens is 3. The van der Waals surface area contributed by atoms with Crippen molar-refractivity contribution in [3.05, 3.63) is 66.3 Å². The highest BCUT2D eigenvalue weighted by atomic mass is 35.5. The SMILES string of the molecule is CN1CCN(c2cccc3ccc(OCc4nc5ccc(F)cc5o4)cc23)CC1.Cl.Cl. The van der Waals surface area contributed by atoms with Gasteiger partial charge in [0.25, 0.3) is 0 Å². The van der Waals surface area contributed by atoms with Gasteiger partial charge >= 0.3 is 0 Å². The number of piperazine rings is 1. The molecule has 8 heteroatoms. The van der Waals surface area contributed by atoms with Crippen LogP contribution in [0.4, 0.5) is 10.1 Å². The van der Waals surface area contributed by atoms with Crippen LogP contribution in [0, 0.1) is 5.82 Å². The Morgan fingerprint density at radius 2 is 1.81 bits per heavy atom. The van der Waals surface area contributed by atoms with E-state index in [1.807, 2.05) is 6.07 Å². The number of aromatic nitrogens is 1. The molecule has 0 radical (unpaired) electrons. The topological polar surface area (TPSA) is 41.7 Å². The van der Waals surface area contributed by atoms with Crippen LogP contribution < -0.4 is 9.64 Å². The second-order valence-corrected chi connectivity index (χ2v) is 7.46. The number of nitrogens with zero attached hydrogens (tertiary/aromatic N) is 3. The van der Waals surface area contributed by atoms with E-state index in [0.29, 0.717) is 17.0 Å². The first kappa shape index (κ1) is 23.1. The Balaban J connectivity index is 0.00000136. The van der Waals surface area contributed by atoms with E-state index in [9.17, 15) is 4.39 Å². The first-order valence-electron chi connectivity index (χ1n) is 9.80. The lowest BCUT2D eigenvalue weighted by atomic mass is 10.1. The summed E-state index contributed by atoms with van der Waals surface area (Å²) in [5.74, 6) is 0.845. The molecule has 0 atom stereocenters. The second kappa shape index (κ2) is 9.73. The second-order valence-electron chi connectivity index (χ2n) is 7.46. The molecule has 0 amide bonds. The highest BCUT2D eigenvalue weighted by Crippen LogP contribution is 2.31. The molecule has 31 heavy (non-hydrogen) atoms. The molecule has 4 aromatic rings. The van der Waals surface area contributed by atoms with E-state index in [1.165, 1.54) is 28.6 Å². The molecule has 5 rings (SSSR count). The van der Waals surface area contributed by atoms with E-state index >= 15 is 0 Å². The Bertz CT molecular complexity index is 1180. The average Bonchev–Trinajstić information content (AvgIpc) is 3.14. The Morgan fingerprint density at radius 3 is 2.61 bits per heavy atom. The number of benzene rings is 3. The van der Waals surface area contributed by atoms with Crippen molar-refractivity contribution in [2.75, 3.05) is 38.1 Å². The van der Waals surface area contributed by atoms with Crippen molar-refractivity contribution in [3.63, 3.8) is 0 Å². The Morgan fingerprint density at radius 1 is 1.00 bits per heavy atom. The lowest BCUT2D eigenvalue weighted by Gasteiger charge is -2.34. The fourth-order valence-electron chi connectivity index (χ4n) is 3.80. The van der Waals surface area contributed by atoms with Crippen LogP contribution in [0.2, 0.25) is 0 Å². The predicted molar refractivity (Wildman–Crippen MR) is 126 cm³/mol. The number of hydrogen-bond acceptors (Lipinski definition) is 5. The van der Waals surface area contributed by atoms with E-state index in [-0.39, 0.29) is 37.2 Å². The fourth-order valence-corrected chi connectivity index (χ4v) is 3.80. The number of anilines is 1. The van der Waals surface area contributed by atoms with Crippen LogP contribution in [-0.4, -0.2) is 43.1 Å². The molecule has 1 aliphatic heterocycles. The van der Waals surface area contributed by atoms with Gasteiger partial charge in [0.15, 0.2) is 12.2 Å². The summed E-state index contributed by atoms with van der Waals surface area (Å²) in [5.41, 5.74) is 2.29. The number of hydrogen-bond donors (Lipinski definition) is 0. The summed E-state index contributed by atoms with van der Waals surface area (Å²) in [4.78, 5) is 9.14. The molecule has 164 valence electrons. The predicted octanol–water partition coefficient (Wildman–Crippen LogP) is 5.29. The van der Waals surface area contributed by atoms with Gasteiger partial charge in [-0.05, 0) is 42.8 Å². The summed E-state index contributed by atoms with van der Waals surface area (Å²) >= 11 is 0. The van der Waals surface area contributed by atoms with E-state index in [2.05, 4.69) is 52.2 Å². The lowest BCUT2D eigenvalue weighted by molar-refractivity contribution is 0.267. The molecule has 3 aromatic carbocycles. The van der Waals surface area contributed by atoms with Crippen molar-refractivity contribution < 1.29 is 13.5 Å². The standard InChI is InChI=1S/C23H22FN3O2.2ClH/c1-26-9-11-27(12-10-26)21-4-2-3-16-5-7-18(14-19(16)21)28-15-23-25-20-8-6-17(24)13-22(20)29-23;;/h2-8,13-14H,9-12,15H2,1H3;2*1H. The van der Waals surface area contributed by atoms with Gasteiger partial charge in [0.1, 0.15) is 17.1 Å². The van der Waals surface area contributed by atoms with Gasteiger partial charge in [-0.3, -0.25) is 0 Å². The summed E-state index contributed by atoms with van der Waals surface area (Å²) in [5, 5.41) is 2.36. The summed E-state index contributed by atoms with van der Waals surface area (Å²) in [7, 11) is 2.16. The number of ether oxygens (including phenoxy) is 1. The van der Waals surface area contributed by atoms with Crippen molar-refractivity contribution in [2.24, 2.45) is 0 Å². The van der Waals surface area contributed by atoms with Crippen molar-refractivity contribution in [1.82, 2.24) is 9.88 Å². The summed E-state index contributed by atoms with van der Waals surface area (Å²) in [6, 6.07) is 16.8. The van der Waals surface area contributed by atoms with E-state index in [0.717, 1.165) is 31.9 Å². The molecular weight excluding hydrogens is 440 g/mol. The molecule has 2 heterocycles. The van der Waals surface area contributed by atoms with Crippen molar-refractivity contribution in [1.29, 1.82) is 0 Å². The number of likely N-dealkylation sites (N-methyl/N-ethyl adjacent to an activating group) is 1. The molecule has 1 aliphatic rings. The molecule has 0 unspecified atom stereocenters. The van der Waals surface area contributed by atoms with E-state index < -0.39 is 0 Å². The quantitative estimate of drug-likeness (QED) is 0.410. The van der Waals surface area contributed by atoms with Crippen LogP contribution >= 0.6 is 24.8 Å². The third-order valence-electron chi connectivity index (χ3n) is 5.43. The van der Waals surface area contributed by atoms with Gasteiger partial charge in [-0.1, -0.05) is 18.2 Å². The maximum absolute atomic E-state index is 13.3. The molecule has 1 fully saturated rings. The van der Waals surface area contributed by atoms with Crippen LogP contribution in [0.15, 0.2) is 59.0 Å². The zero-order valence-corrected chi connectivity index (χ0v) is 18.7. The summed E-state index contributed by atoms with van der Waals surface area (Å²) in [6.45, 7) is 4.34. The Hall–Kier alpha value is -2.54. The third kappa shape index (κ3) is 4.87. The molecule has 0 aliphatic carbocycles. The largest absolute Gasteiger partial charge is 0.484 e. The van der Waals surface area contributed by atoms with Crippen LogP contribution in [0.3, 0.4) is 0 Å². The molecule has 0 N–H and O–H groups in total. The van der Waals surface area contributed by atoms with E-state index in [1.54, 1.807) is 6.07 Å². The number of fused-ring (bicyclic) bond motifs is 2. The molecule has 5 nitrogen and oxygen atoms in total. The van der Waals surface area contributed by atoms with Gasteiger partial charge < -0.3 is 19.0 Å². The maximum Gasteiger partial charge on any atom is 0.233 e. The van der Waals surface area contributed by atoms with Gasteiger partial charge in [-0.15, -0.1) is 24.8 Å². The molecule has 0 spiro atoms. The van der Waals surface area contributed by atoms with Gasteiger partial charge in [0, 0.05) is 43.3 Å². The average molecular weight is 464 g/mol. The highest BCUT2D eigenvalue weighted by molar-refractivity contribution is 5.95. The molecular formula is C23H24Cl2FN3O2. The van der Waals surface area contributed by atoms with Gasteiger partial charge in [-0.2, -0.15) is 0 Å². The minimum absolute atomic E-state index is 0.